The highest BCUT2D eigenvalue weighted by Gasteiger charge is 2.32. The van der Waals surface area contributed by atoms with E-state index in [1.807, 2.05) is 26.0 Å². The van der Waals surface area contributed by atoms with Crippen LogP contribution in [0.3, 0.4) is 0 Å². The van der Waals surface area contributed by atoms with E-state index in [0.717, 1.165) is 11.1 Å². The average molecular weight is 543 g/mol. The van der Waals surface area contributed by atoms with Crippen molar-refractivity contribution < 1.29 is 21.6 Å². The fourth-order valence-electron chi connectivity index (χ4n) is 3.82. The number of ether oxygens (including phenoxy) is 1. The van der Waals surface area contributed by atoms with E-state index < -0.39 is 32.0 Å². The van der Waals surface area contributed by atoms with Gasteiger partial charge in [-0.3, -0.25) is 0 Å². The maximum atomic E-state index is 13.4. The zero-order valence-corrected chi connectivity index (χ0v) is 23.6. The molecule has 0 amide bonds. The minimum absolute atomic E-state index is 0.0728. The molecule has 0 aromatic heterocycles. The fourth-order valence-corrected chi connectivity index (χ4v) is 6.48. The van der Waals surface area contributed by atoms with Gasteiger partial charge in [0.2, 0.25) is 15.9 Å². The van der Waals surface area contributed by atoms with E-state index in [0.29, 0.717) is 11.1 Å². The van der Waals surface area contributed by atoms with Gasteiger partial charge in [0.15, 0.2) is 0 Å². The lowest BCUT2D eigenvalue weighted by Crippen LogP contribution is -2.37. The Bertz CT molecular complexity index is 1460. The highest BCUT2D eigenvalue weighted by molar-refractivity contribution is 7.90. The van der Waals surface area contributed by atoms with Crippen LogP contribution in [-0.2, 0) is 24.8 Å². The van der Waals surface area contributed by atoms with Crippen molar-refractivity contribution in [3.63, 3.8) is 0 Å². The van der Waals surface area contributed by atoms with E-state index in [1.165, 1.54) is 12.1 Å². The molecule has 0 bridgehead atoms. The summed E-state index contributed by atoms with van der Waals surface area (Å²) in [4.78, 5) is 0.193. The van der Waals surface area contributed by atoms with Crippen LogP contribution in [0.5, 0.6) is 0 Å². The summed E-state index contributed by atoms with van der Waals surface area (Å²) >= 11 is 0. The molecule has 0 aliphatic rings. The summed E-state index contributed by atoms with van der Waals surface area (Å²) in [6.07, 6.45) is -0.389. The number of nitrogens with one attached hydrogen (secondary N) is 1. The molecule has 0 saturated carbocycles. The van der Waals surface area contributed by atoms with Crippen LogP contribution in [0.25, 0.3) is 0 Å². The summed E-state index contributed by atoms with van der Waals surface area (Å²) in [5.41, 5.74) is 2.93. The van der Waals surface area contributed by atoms with Crippen molar-refractivity contribution in [1.82, 2.24) is 4.72 Å². The van der Waals surface area contributed by atoms with Gasteiger partial charge in [0, 0.05) is 0 Å². The van der Waals surface area contributed by atoms with Crippen molar-refractivity contribution >= 4 is 25.9 Å². The van der Waals surface area contributed by atoms with E-state index in [9.17, 15) is 16.8 Å². The van der Waals surface area contributed by atoms with E-state index in [1.54, 1.807) is 76.2 Å². The van der Waals surface area contributed by atoms with Crippen LogP contribution in [0.15, 0.2) is 87.0 Å². The summed E-state index contributed by atoms with van der Waals surface area (Å²) < 4.78 is 66.3. The number of sulfonamides is 2. The van der Waals surface area contributed by atoms with Crippen LogP contribution in [0.1, 0.15) is 49.1 Å². The third-order valence-corrected chi connectivity index (χ3v) is 8.72. The molecule has 0 spiro atoms. The molecular weight excluding hydrogens is 508 g/mol. The van der Waals surface area contributed by atoms with Gasteiger partial charge in [0.05, 0.1) is 27.9 Å². The minimum Gasteiger partial charge on any atom is -0.477 e. The summed E-state index contributed by atoms with van der Waals surface area (Å²) in [6, 6.07) is 19.8. The summed E-state index contributed by atoms with van der Waals surface area (Å²) in [5.74, 6) is -0.832. The van der Waals surface area contributed by atoms with Gasteiger partial charge in [-0.15, -0.1) is 4.40 Å². The highest BCUT2D eigenvalue weighted by Crippen LogP contribution is 2.29. The molecule has 9 heteroatoms. The van der Waals surface area contributed by atoms with Crippen LogP contribution in [0, 0.1) is 26.7 Å². The number of benzene rings is 3. The van der Waals surface area contributed by atoms with Gasteiger partial charge in [-0.25, -0.2) is 13.1 Å². The Labute approximate surface area is 220 Å². The normalized spacial score (nSPS) is 14.4. The quantitative estimate of drug-likeness (QED) is 0.285. The van der Waals surface area contributed by atoms with Gasteiger partial charge in [-0.05, 0) is 69.5 Å². The summed E-state index contributed by atoms with van der Waals surface area (Å²) in [6.45, 7) is 10.6. The molecule has 3 aromatic carbocycles. The van der Waals surface area contributed by atoms with Crippen LogP contribution in [-0.4, -0.2) is 28.8 Å². The average Bonchev–Trinajstić information content (AvgIpc) is 2.83. The van der Waals surface area contributed by atoms with Crippen LogP contribution in [0.4, 0.5) is 0 Å². The van der Waals surface area contributed by atoms with E-state index in [-0.39, 0.29) is 21.8 Å². The van der Waals surface area contributed by atoms with E-state index in [4.69, 9.17) is 4.74 Å². The second kappa shape index (κ2) is 11.6. The third kappa shape index (κ3) is 7.28. The molecule has 7 nitrogen and oxygen atoms in total. The van der Waals surface area contributed by atoms with Crippen molar-refractivity contribution in [3.05, 3.63) is 95.1 Å². The van der Waals surface area contributed by atoms with E-state index in [2.05, 4.69) is 9.12 Å². The zero-order chi connectivity index (χ0) is 27.4. The molecule has 0 unspecified atom stereocenters. The summed E-state index contributed by atoms with van der Waals surface area (Å²) in [5, 5.41) is 0. The van der Waals surface area contributed by atoms with Crippen molar-refractivity contribution in [1.29, 1.82) is 0 Å². The molecule has 0 aliphatic carbocycles. The molecular formula is C28H34N2O5S2. The van der Waals surface area contributed by atoms with Crippen LogP contribution in [0.2, 0.25) is 0 Å². The highest BCUT2D eigenvalue weighted by atomic mass is 32.2. The number of rotatable bonds is 9. The Hall–Kier alpha value is -3.01. The lowest BCUT2D eigenvalue weighted by molar-refractivity contribution is 0.207. The Morgan fingerprint density at radius 3 is 2.00 bits per heavy atom. The monoisotopic (exact) mass is 542 g/mol. The number of aryl methyl sites for hydroxylation is 3. The topological polar surface area (TPSA) is 102 Å². The molecule has 2 atom stereocenters. The van der Waals surface area contributed by atoms with Gasteiger partial charge in [0.1, 0.15) is 0 Å². The Balaban J connectivity index is 2.11. The molecule has 3 rings (SSSR count). The fraction of sp³-hybridized carbons (Fsp3) is 0.321. The standard InChI is InChI=1S/C28H34N2O5S2/c1-19(2)35-28(30-37(33,34)26-18-21(4)12-15-22(26)5)23(6)27(24-10-8-7-9-11-24)29-36(31,32)25-16-13-20(3)14-17-25/h7-19,23,27,29H,1-6H3/b30-28-/t23-,27+/m0/s1. The van der Waals surface area contributed by atoms with Crippen LogP contribution >= 0.6 is 0 Å². The zero-order valence-electron chi connectivity index (χ0n) is 22.0. The maximum Gasteiger partial charge on any atom is 0.285 e. The Morgan fingerprint density at radius 2 is 1.41 bits per heavy atom. The second-order valence-corrected chi connectivity index (χ2v) is 12.7. The van der Waals surface area contributed by atoms with Crippen molar-refractivity contribution in [2.75, 3.05) is 0 Å². The van der Waals surface area contributed by atoms with Gasteiger partial charge >= 0.3 is 0 Å². The lowest BCUT2D eigenvalue weighted by atomic mass is 9.95. The molecule has 0 aliphatic heterocycles. The Kier molecular flexibility index (Phi) is 8.94. The molecule has 0 heterocycles. The van der Waals surface area contributed by atoms with E-state index >= 15 is 0 Å². The molecule has 0 fully saturated rings. The predicted octanol–water partition coefficient (Wildman–Crippen LogP) is 5.48. The molecule has 0 radical (unpaired) electrons. The molecule has 0 saturated heterocycles. The largest absolute Gasteiger partial charge is 0.477 e. The van der Waals surface area contributed by atoms with Gasteiger partial charge in [0.25, 0.3) is 10.0 Å². The number of nitrogens with zero attached hydrogens (tertiary/aromatic N) is 1. The van der Waals surface area contributed by atoms with Gasteiger partial charge < -0.3 is 4.74 Å². The van der Waals surface area contributed by atoms with Gasteiger partial charge in [-0.2, -0.15) is 8.42 Å². The van der Waals surface area contributed by atoms with Crippen molar-refractivity contribution in [3.8, 4) is 0 Å². The first-order valence-electron chi connectivity index (χ1n) is 12.0. The number of hydrogen-bond donors (Lipinski definition) is 1. The first-order valence-corrected chi connectivity index (χ1v) is 14.9. The summed E-state index contributed by atoms with van der Waals surface area (Å²) in [7, 11) is -8.08. The molecule has 37 heavy (non-hydrogen) atoms. The SMILES string of the molecule is Cc1ccc(S(=O)(=O)N[C@@H](c2ccccc2)[C@H](C)/C(=N/S(=O)(=O)c2cc(C)ccc2C)OC(C)C)cc1. The molecule has 198 valence electrons. The predicted molar refractivity (Wildman–Crippen MR) is 147 cm³/mol. The molecule has 3 aromatic rings. The maximum absolute atomic E-state index is 13.4. The first-order chi connectivity index (χ1) is 17.3. The molecule has 1 N–H and O–H groups in total. The third-order valence-electron chi connectivity index (χ3n) is 5.85. The second-order valence-electron chi connectivity index (χ2n) is 9.45. The van der Waals surface area contributed by atoms with Crippen LogP contribution < -0.4 is 4.72 Å². The van der Waals surface area contributed by atoms with Crippen molar-refractivity contribution in [2.45, 2.75) is 63.5 Å². The van der Waals surface area contributed by atoms with Crippen molar-refractivity contribution in [2.24, 2.45) is 10.3 Å². The first kappa shape index (κ1) is 28.6. The number of hydrogen-bond acceptors (Lipinski definition) is 5. The Morgan fingerprint density at radius 1 is 0.811 bits per heavy atom. The van der Waals surface area contributed by atoms with Gasteiger partial charge in [-0.1, -0.05) is 67.1 Å². The smallest absolute Gasteiger partial charge is 0.285 e. The minimum atomic E-state index is -4.13. The lowest BCUT2D eigenvalue weighted by Gasteiger charge is -2.27.